The minimum atomic E-state index is -0.445. The van der Waals surface area contributed by atoms with Gasteiger partial charge >= 0.3 is 0 Å². The van der Waals surface area contributed by atoms with Crippen LogP contribution < -0.4 is 10.1 Å². The van der Waals surface area contributed by atoms with E-state index >= 15 is 0 Å². The smallest absolute Gasteiger partial charge is 0.269 e. The van der Waals surface area contributed by atoms with Crippen LogP contribution in [0.5, 0.6) is 11.5 Å². The zero-order chi connectivity index (χ0) is 14.5. The number of nitrogens with one attached hydrogen (secondary N) is 1. The van der Waals surface area contributed by atoms with E-state index < -0.39 is 4.92 Å². The zero-order valence-corrected chi connectivity index (χ0v) is 10.9. The maximum atomic E-state index is 10.5. The molecule has 2 aromatic rings. The number of phenolic OH excluding ortho intramolecular Hbond substituents is 1. The van der Waals surface area contributed by atoms with Crippen molar-refractivity contribution in [2.75, 3.05) is 12.4 Å². The maximum Gasteiger partial charge on any atom is 0.269 e. The summed E-state index contributed by atoms with van der Waals surface area (Å²) in [4.78, 5) is 10.1. The molecule has 6 heteroatoms. The molecular weight excluding hydrogens is 260 g/mol. The lowest BCUT2D eigenvalue weighted by atomic mass is 10.2. The summed E-state index contributed by atoms with van der Waals surface area (Å²) in [6.45, 7) is 0.410. The van der Waals surface area contributed by atoms with Crippen LogP contribution in [-0.4, -0.2) is 17.1 Å². The van der Waals surface area contributed by atoms with E-state index in [0.29, 0.717) is 17.9 Å². The molecule has 0 fully saturated rings. The number of nitro groups is 1. The van der Waals surface area contributed by atoms with Gasteiger partial charge in [0.15, 0.2) is 0 Å². The number of hydrogen-bond acceptors (Lipinski definition) is 5. The van der Waals surface area contributed by atoms with Gasteiger partial charge in [-0.25, -0.2) is 0 Å². The van der Waals surface area contributed by atoms with Crippen molar-refractivity contribution in [3.05, 3.63) is 58.1 Å². The van der Waals surface area contributed by atoms with Crippen LogP contribution in [0.4, 0.5) is 11.4 Å². The minimum absolute atomic E-state index is 0.0443. The fourth-order valence-electron chi connectivity index (χ4n) is 1.72. The van der Waals surface area contributed by atoms with E-state index in [1.807, 2.05) is 0 Å². The number of non-ortho nitro benzene ring substituents is 1. The molecule has 0 bridgehead atoms. The van der Waals surface area contributed by atoms with E-state index in [2.05, 4.69) is 5.32 Å². The molecule has 0 aliphatic rings. The Bertz CT molecular complexity index is 611. The van der Waals surface area contributed by atoms with E-state index in [4.69, 9.17) is 4.74 Å². The molecular formula is C14H14N2O4. The topological polar surface area (TPSA) is 84.6 Å². The third-order valence-corrected chi connectivity index (χ3v) is 2.85. The Hall–Kier alpha value is -2.76. The highest BCUT2D eigenvalue weighted by molar-refractivity contribution is 5.50. The van der Waals surface area contributed by atoms with Crippen LogP contribution in [0.15, 0.2) is 42.5 Å². The van der Waals surface area contributed by atoms with Crippen LogP contribution in [-0.2, 0) is 6.54 Å². The van der Waals surface area contributed by atoms with E-state index in [1.54, 1.807) is 24.3 Å². The summed E-state index contributed by atoms with van der Waals surface area (Å²) >= 11 is 0. The molecule has 6 nitrogen and oxygen atoms in total. The average molecular weight is 274 g/mol. The Kier molecular flexibility index (Phi) is 4.05. The van der Waals surface area contributed by atoms with E-state index in [1.165, 1.54) is 25.3 Å². The predicted molar refractivity (Wildman–Crippen MR) is 75.1 cm³/mol. The summed E-state index contributed by atoms with van der Waals surface area (Å²) in [6, 6.07) is 11.1. The highest BCUT2D eigenvalue weighted by Crippen LogP contribution is 2.24. The van der Waals surface area contributed by atoms with Crippen molar-refractivity contribution in [1.82, 2.24) is 0 Å². The second-order valence-corrected chi connectivity index (χ2v) is 4.15. The largest absolute Gasteiger partial charge is 0.507 e. The summed E-state index contributed by atoms with van der Waals surface area (Å²) in [6.07, 6.45) is 0. The van der Waals surface area contributed by atoms with Gasteiger partial charge in [0.05, 0.1) is 12.0 Å². The van der Waals surface area contributed by atoms with E-state index in [9.17, 15) is 15.2 Å². The average Bonchev–Trinajstić information content (AvgIpc) is 2.46. The van der Waals surface area contributed by atoms with E-state index in [-0.39, 0.29) is 11.4 Å². The molecule has 0 unspecified atom stereocenters. The molecule has 104 valence electrons. The number of nitro benzene ring substituents is 1. The monoisotopic (exact) mass is 274 g/mol. The molecule has 2 rings (SSSR count). The number of aromatic hydroxyl groups is 1. The fourth-order valence-corrected chi connectivity index (χ4v) is 1.72. The second-order valence-electron chi connectivity index (χ2n) is 4.15. The lowest BCUT2D eigenvalue weighted by Gasteiger charge is -2.09. The molecule has 0 atom stereocenters. The number of ether oxygens (including phenoxy) is 1. The van der Waals surface area contributed by atoms with Crippen LogP contribution in [0.2, 0.25) is 0 Å². The molecule has 0 amide bonds. The Labute approximate surface area is 115 Å². The summed E-state index contributed by atoms with van der Waals surface area (Å²) in [7, 11) is 1.53. The zero-order valence-electron chi connectivity index (χ0n) is 10.9. The molecule has 2 N–H and O–H groups in total. The molecule has 0 radical (unpaired) electrons. The van der Waals surface area contributed by atoms with Crippen molar-refractivity contribution < 1.29 is 14.8 Å². The Morgan fingerprint density at radius 1 is 1.25 bits per heavy atom. The highest BCUT2D eigenvalue weighted by atomic mass is 16.6. The number of nitrogens with zero attached hydrogens (tertiary/aromatic N) is 1. The fraction of sp³-hybridized carbons (Fsp3) is 0.143. The lowest BCUT2D eigenvalue weighted by molar-refractivity contribution is -0.384. The SMILES string of the molecule is COc1ccc(CNc2ccc([N+](=O)[O-])cc2)c(O)c1. The van der Waals surface area contributed by atoms with Gasteiger partial charge in [-0.15, -0.1) is 0 Å². The molecule has 0 aromatic heterocycles. The van der Waals surface area contributed by atoms with Crippen LogP contribution in [0, 0.1) is 10.1 Å². The van der Waals surface area contributed by atoms with Gasteiger partial charge in [-0.05, 0) is 24.3 Å². The van der Waals surface area contributed by atoms with E-state index in [0.717, 1.165) is 5.69 Å². The van der Waals surface area contributed by atoms with Gasteiger partial charge in [0.2, 0.25) is 0 Å². The van der Waals surface area contributed by atoms with Gasteiger partial charge in [0.25, 0.3) is 5.69 Å². The van der Waals surface area contributed by atoms with Gasteiger partial charge in [-0.1, -0.05) is 0 Å². The standard InChI is InChI=1S/C14H14N2O4/c1-20-13-7-2-10(14(17)8-13)9-15-11-3-5-12(6-4-11)16(18)19/h2-8,15,17H,9H2,1H3. The summed E-state index contributed by atoms with van der Waals surface area (Å²) in [5.74, 6) is 0.723. The summed E-state index contributed by atoms with van der Waals surface area (Å²) < 4.78 is 5.00. The molecule has 0 spiro atoms. The predicted octanol–water partition coefficient (Wildman–Crippen LogP) is 2.92. The first kappa shape index (κ1) is 13.7. The third kappa shape index (κ3) is 3.17. The second kappa shape index (κ2) is 5.92. The quantitative estimate of drug-likeness (QED) is 0.646. The van der Waals surface area contributed by atoms with Crippen molar-refractivity contribution in [3.8, 4) is 11.5 Å². The summed E-state index contributed by atoms with van der Waals surface area (Å²) in [5, 5.41) is 23.4. The van der Waals surface area contributed by atoms with Crippen molar-refractivity contribution in [2.24, 2.45) is 0 Å². The first-order valence-corrected chi connectivity index (χ1v) is 5.94. The van der Waals surface area contributed by atoms with Crippen molar-refractivity contribution in [1.29, 1.82) is 0 Å². The molecule has 0 heterocycles. The number of methoxy groups -OCH3 is 1. The maximum absolute atomic E-state index is 10.5. The van der Waals surface area contributed by atoms with Crippen molar-refractivity contribution in [3.63, 3.8) is 0 Å². The number of hydrogen-bond donors (Lipinski definition) is 2. The van der Waals surface area contributed by atoms with Gasteiger partial charge in [0.1, 0.15) is 11.5 Å². The Morgan fingerprint density at radius 3 is 2.50 bits per heavy atom. The first-order chi connectivity index (χ1) is 9.60. The van der Waals surface area contributed by atoms with Gasteiger partial charge in [0, 0.05) is 36.0 Å². The lowest BCUT2D eigenvalue weighted by Crippen LogP contribution is -2.00. The first-order valence-electron chi connectivity index (χ1n) is 5.94. The number of rotatable bonds is 5. The molecule has 0 saturated heterocycles. The molecule has 20 heavy (non-hydrogen) atoms. The number of benzene rings is 2. The normalized spacial score (nSPS) is 10.1. The molecule has 0 aliphatic carbocycles. The van der Waals surface area contributed by atoms with Gasteiger partial charge < -0.3 is 15.2 Å². The van der Waals surface area contributed by atoms with Crippen LogP contribution in [0.1, 0.15) is 5.56 Å². The number of phenols is 1. The highest BCUT2D eigenvalue weighted by Gasteiger charge is 2.05. The van der Waals surface area contributed by atoms with Gasteiger partial charge in [-0.2, -0.15) is 0 Å². The van der Waals surface area contributed by atoms with Crippen molar-refractivity contribution in [2.45, 2.75) is 6.54 Å². The molecule has 0 aliphatic heterocycles. The Balaban J connectivity index is 2.03. The Morgan fingerprint density at radius 2 is 1.95 bits per heavy atom. The van der Waals surface area contributed by atoms with Crippen LogP contribution >= 0.6 is 0 Å². The summed E-state index contributed by atoms with van der Waals surface area (Å²) in [5.41, 5.74) is 1.50. The number of anilines is 1. The van der Waals surface area contributed by atoms with Crippen LogP contribution in [0.3, 0.4) is 0 Å². The molecule has 2 aromatic carbocycles. The minimum Gasteiger partial charge on any atom is -0.507 e. The van der Waals surface area contributed by atoms with Gasteiger partial charge in [-0.3, -0.25) is 10.1 Å². The third-order valence-electron chi connectivity index (χ3n) is 2.85. The van der Waals surface area contributed by atoms with Crippen LogP contribution in [0.25, 0.3) is 0 Å². The van der Waals surface area contributed by atoms with Crippen molar-refractivity contribution >= 4 is 11.4 Å². The molecule has 0 saturated carbocycles.